The minimum Gasteiger partial charge on any atom is -0.343 e. The molecule has 0 spiro atoms. The van der Waals surface area contributed by atoms with Crippen molar-refractivity contribution in [1.29, 1.82) is 0 Å². The van der Waals surface area contributed by atoms with Crippen LogP contribution in [0.2, 0.25) is 0 Å². The highest BCUT2D eigenvalue weighted by atomic mass is 19.1. The van der Waals surface area contributed by atoms with Crippen LogP contribution in [0, 0.1) is 26.6 Å². The zero-order chi connectivity index (χ0) is 22.0. The van der Waals surface area contributed by atoms with Gasteiger partial charge in [0.1, 0.15) is 11.5 Å². The highest BCUT2D eigenvalue weighted by Gasteiger charge is 2.28. The van der Waals surface area contributed by atoms with Crippen LogP contribution in [0.15, 0.2) is 48.5 Å². The summed E-state index contributed by atoms with van der Waals surface area (Å²) in [4.78, 5) is 38.1. The number of nitrogens with one attached hydrogen (secondary N) is 2. The summed E-state index contributed by atoms with van der Waals surface area (Å²) in [5.41, 5.74) is 2.54. The van der Waals surface area contributed by atoms with Gasteiger partial charge in [-0.05, 0) is 56.2 Å². The summed E-state index contributed by atoms with van der Waals surface area (Å²) < 4.78 is 15.3. The molecule has 3 rings (SSSR count). The fraction of sp³-hybridized carbons (Fsp3) is 0.174. The predicted octanol–water partition coefficient (Wildman–Crippen LogP) is 4.16. The lowest BCUT2D eigenvalue weighted by Crippen LogP contribution is -2.24. The SMILES string of the molecule is Cc1ccc(NC(=O)c2c(C)c(C(=O)C(=O)Nc3ccccc3)c(C)n2C)cc1F. The predicted molar refractivity (Wildman–Crippen MR) is 113 cm³/mol. The van der Waals surface area contributed by atoms with Gasteiger partial charge >= 0.3 is 0 Å². The van der Waals surface area contributed by atoms with Crippen LogP contribution in [0.3, 0.4) is 0 Å². The molecule has 0 saturated carbocycles. The number of Topliss-reactive ketones (excluding diaryl/α,β-unsaturated/α-hetero) is 1. The number of halogens is 1. The Kier molecular flexibility index (Phi) is 5.82. The van der Waals surface area contributed by atoms with Crippen LogP contribution < -0.4 is 10.6 Å². The second-order valence-electron chi connectivity index (χ2n) is 7.06. The van der Waals surface area contributed by atoms with Gasteiger partial charge in [-0.15, -0.1) is 0 Å². The standard InChI is InChI=1S/C23H22FN3O3/c1-13-10-11-17(12-18(13)24)26-22(29)20-14(2)19(15(3)27(20)4)21(28)23(30)25-16-8-6-5-7-9-16/h5-12H,1-4H3,(H,25,30)(H,26,29). The van der Waals surface area contributed by atoms with Crippen molar-refractivity contribution in [3.8, 4) is 0 Å². The average molecular weight is 407 g/mol. The number of hydrogen-bond acceptors (Lipinski definition) is 3. The number of nitrogens with zero attached hydrogens (tertiary/aromatic N) is 1. The number of hydrogen-bond donors (Lipinski definition) is 2. The molecule has 0 radical (unpaired) electrons. The van der Waals surface area contributed by atoms with Gasteiger partial charge in [-0.25, -0.2) is 4.39 Å². The van der Waals surface area contributed by atoms with Crippen LogP contribution >= 0.6 is 0 Å². The van der Waals surface area contributed by atoms with Crippen molar-refractivity contribution >= 4 is 29.0 Å². The zero-order valence-corrected chi connectivity index (χ0v) is 17.2. The Bertz CT molecular complexity index is 1150. The molecule has 6 nitrogen and oxygen atoms in total. The van der Waals surface area contributed by atoms with Crippen LogP contribution in [0.25, 0.3) is 0 Å². The smallest absolute Gasteiger partial charge is 0.296 e. The molecule has 2 aromatic carbocycles. The normalized spacial score (nSPS) is 10.6. The second kappa shape index (κ2) is 8.32. The van der Waals surface area contributed by atoms with Gasteiger partial charge in [-0.1, -0.05) is 24.3 Å². The molecule has 7 heteroatoms. The molecule has 0 aliphatic rings. The number of aryl methyl sites for hydroxylation is 1. The molecule has 0 unspecified atom stereocenters. The van der Waals surface area contributed by atoms with E-state index in [2.05, 4.69) is 10.6 Å². The lowest BCUT2D eigenvalue weighted by molar-refractivity contribution is -0.112. The number of benzene rings is 2. The van der Waals surface area contributed by atoms with Crippen molar-refractivity contribution in [3.63, 3.8) is 0 Å². The summed E-state index contributed by atoms with van der Waals surface area (Å²) in [5.74, 6) is -2.44. The maximum absolute atomic E-state index is 13.8. The first-order valence-corrected chi connectivity index (χ1v) is 9.34. The maximum atomic E-state index is 13.8. The summed E-state index contributed by atoms with van der Waals surface area (Å²) in [6, 6.07) is 13.0. The fourth-order valence-electron chi connectivity index (χ4n) is 3.32. The molecule has 2 amide bonds. The van der Waals surface area contributed by atoms with Gasteiger partial charge in [0, 0.05) is 24.1 Å². The lowest BCUT2D eigenvalue weighted by Gasteiger charge is -2.09. The number of ketones is 1. The van der Waals surface area contributed by atoms with E-state index in [1.807, 2.05) is 0 Å². The topological polar surface area (TPSA) is 80.2 Å². The van der Waals surface area contributed by atoms with E-state index in [-0.39, 0.29) is 11.3 Å². The van der Waals surface area contributed by atoms with Gasteiger partial charge in [0.05, 0.1) is 5.56 Å². The Morgan fingerprint density at radius 3 is 2.20 bits per heavy atom. The van der Waals surface area contributed by atoms with E-state index in [1.165, 1.54) is 6.07 Å². The third-order valence-corrected chi connectivity index (χ3v) is 5.04. The average Bonchev–Trinajstić information content (AvgIpc) is 2.93. The number of anilines is 2. The summed E-state index contributed by atoms with van der Waals surface area (Å²) in [6.45, 7) is 4.91. The molecular formula is C23H22FN3O3. The molecule has 0 aliphatic carbocycles. The Morgan fingerprint density at radius 1 is 0.900 bits per heavy atom. The Morgan fingerprint density at radius 2 is 1.57 bits per heavy atom. The Hall–Kier alpha value is -3.74. The molecule has 3 aromatic rings. The van der Waals surface area contributed by atoms with Crippen molar-refractivity contribution < 1.29 is 18.8 Å². The monoisotopic (exact) mass is 407 g/mol. The molecule has 0 atom stereocenters. The first-order valence-electron chi connectivity index (χ1n) is 9.34. The van der Waals surface area contributed by atoms with Crippen molar-refractivity contribution in [2.24, 2.45) is 7.05 Å². The van der Waals surface area contributed by atoms with E-state index >= 15 is 0 Å². The third kappa shape index (κ3) is 4.00. The van der Waals surface area contributed by atoms with Gasteiger partial charge in [-0.3, -0.25) is 14.4 Å². The summed E-state index contributed by atoms with van der Waals surface area (Å²) in [5, 5.41) is 5.21. The van der Waals surface area contributed by atoms with Gasteiger partial charge in [0.15, 0.2) is 0 Å². The molecule has 30 heavy (non-hydrogen) atoms. The molecule has 0 fully saturated rings. The molecule has 154 valence electrons. The first kappa shape index (κ1) is 21.0. The van der Waals surface area contributed by atoms with Crippen molar-refractivity contribution in [3.05, 3.63) is 82.4 Å². The molecule has 1 aromatic heterocycles. The van der Waals surface area contributed by atoms with Crippen molar-refractivity contribution in [2.75, 3.05) is 10.6 Å². The van der Waals surface area contributed by atoms with Crippen LogP contribution in [0.1, 0.15) is 37.7 Å². The summed E-state index contributed by atoms with van der Waals surface area (Å²) in [7, 11) is 1.64. The van der Waals surface area contributed by atoms with E-state index in [4.69, 9.17) is 0 Å². The van der Waals surface area contributed by atoms with Gasteiger partial charge < -0.3 is 15.2 Å². The van der Waals surface area contributed by atoms with Crippen molar-refractivity contribution in [2.45, 2.75) is 20.8 Å². The molecule has 2 N–H and O–H groups in total. The van der Waals surface area contributed by atoms with E-state index < -0.39 is 23.4 Å². The lowest BCUT2D eigenvalue weighted by atomic mass is 10.0. The summed E-state index contributed by atoms with van der Waals surface area (Å²) >= 11 is 0. The zero-order valence-electron chi connectivity index (χ0n) is 17.2. The number of amides is 2. The van der Waals surface area contributed by atoms with Gasteiger partial charge in [0.25, 0.3) is 17.6 Å². The van der Waals surface area contributed by atoms with E-state index in [0.717, 1.165) is 0 Å². The number of para-hydroxylation sites is 1. The Balaban J connectivity index is 1.88. The highest BCUT2D eigenvalue weighted by molar-refractivity contribution is 6.47. The Labute approximate surface area is 173 Å². The van der Waals surface area contributed by atoms with E-state index in [1.54, 1.807) is 74.9 Å². The molecule has 1 heterocycles. The molecule has 0 saturated heterocycles. The number of carbonyl (C=O) groups excluding carboxylic acids is 3. The van der Waals surface area contributed by atoms with Crippen LogP contribution in [-0.4, -0.2) is 22.2 Å². The van der Waals surface area contributed by atoms with Crippen LogP contribution in [0.4, 0.5) is 15.8 Å². The fourth-order valence-corrected chi connectivity index (χ4v) is 3.32. The minimum absolute atomic E-state index is 0.172. The van der Waals surface area contributed by atoms with Crippen LogP contribution in [0.5, 0.6) is 0 Å². The van der Waals surface area contributed by atoms with E-state index in [9.17, 15) is 18.8 Å². The molecule has 0 aliphatic heterocycles. The highest BCUT2D eigenvalue weighted by Crippen LogP contribution is 2.24. The number of aromatic nitrogens is 1. The third-order valence-electron chi connectivity index (χ3n) is 5.04. The first-order chi connectivity index (χ1) is 14.2. The van der Waals surface area contributed by atoms with E-state index in [0.29, 0.717) is 28.2 Å². The number of rotatable bonds is 5. The number of carbonyl (C=O) groups is 3. The minimum atomic E-state index is -0.787. The van der Waals surface area contributed by atoms with Crippen LogP contribution in [-0.2, 0) is 11.8 Å². The van der Waals surface area contributed by atoms with Crippen molar-refractivity contribution in [1.82, 2.24) is 4.57 Å². The van der Waals surface area contributed by atoms with Gasteiger partial charge in [0.2, 0.25) is 0 Å². The second-order valence-corrected chi connectivity index (χ2v) is 7.06. The van der Waals surface area contributed by atoms with Gasteiger partial charge in [-0.2, -0.15) is 0 Å². The summed E-state index contributed by atoms with van der Waals surface area (Å²) in [6.07, 6.45) is 0. The quantitative estimate of drug-likeness (QED) is 0.492. The molecular weight excluding hydrogens is 385 g/mol. The largest absolute Gasteiger partial charge is 0.343 e. The molecule has 0 bridgehead atoms. The maximum Gasteiger partial charge on any atom is 0.296 e.